The Morgan fingerprint density at radius 2 is 1.78 bits per heavy atom. The number of ketones is 1. The quantitative estimate of drug-likeness (QED) is 0.254. The number of para-hydroxylation sites is 1. The van der Waals surface area contributed by atoms with E-state index in [-0.39, 0.29) is 22.3 Å². The maximum absolute atomic E-state index is 12.6. The number of benzene rings is 2. The van der Waals surface area contributed by atoms with Crippen LogP contribution in [-0.4, -0.2) is 10.8 Å². The van der Waals surface area contributed by atoms with Gasteiger partial charge in [0.25, 0.3) is 0 Å². The average molecular weight is 404 g/mol. The van der Waals surface area contributed by atoms with Gasteiger partial charge in [0.05, 0.1) is 5.52 Å². The predicted molar refractivity (Wildman–Crippen MR) is 101 cm³/mol. The predicted octanol–water partition coefficient (Wildman–Crippen LogP) is 5.20. The summed E-state index contributed by atoms with van der Waals surface area (Å²) >= 11 is 0. The maximum Gasteiger partial charge on any atom is 2.00 e. The number of rotatable bonds is 2. The molecule has 4 rings (SSSR count). The fourth-order valence-electron chi connectivity index (χ4n) is 2.98. The Kier molecular flexibility index (Phi) is 7.20. The van der Waals surface area contributed by atoms with E-state index in [1.807, 2.05) is 54.6 Å². The topological polar surface area (TPSA) is 96.6 Å². The van der Waals surface area contributed by atoms with Crippen molar-refractivity contribution in [1.29, 1.82) is 0 Å². The summed E-state index contributed by atoms with van der Waals surface area (Å²) in [5, 5.41) is 14.6. The molecule has 0 amide bonds. The number of hydrogen-bond donors (Lipinski definition) is 0. The molecule has 1 aliphatic rings. The van der Waals surface area contributed by atoms with Crippen LogP contribution in [0.4, 0.5) is 5.69 Å². The van der Waals surface area contributed by atoms with Gasteiger partial charge in [0.1, 0.15) is 0 Å². The van der Waals surface area contributed by atoms with Crippen molar-refractivity contribution in [1.82, 2.24) is 4.98 Å². The van der Waals surface area contributed by atoms with Crippen LogP contribution in [0.3, 0.4) is 0 Å². The van der Waals surface area contributed by atoms with Gasteiger partial charge in [0, 0.05) is 11.8 Å². The van der Waals surface area contributed by atoms with Crippen LogP contribution in [0.25, 0.3) is 16.2 Å². The molecular weight excluding hydrogens is 389 g/mol. The average Bonchev–Trinajstić information content (AvgIpc) is 2.68. The summed E-state index contributed by atoms with van der Waals surface area (Å²) in [6.45, 7) is 0. The Morgan fingerprint density at radius 1 is 1.04 bits per heavy atom. The number of carbonyl (C=O) groups excluding carboxylic acids is 1. The molecular formula is C20H15N3NiO3. The summed E-state index contributed by atoms with van der Waals surface area (Å²) in [6, 6.07) is 17.6. The van der Waals surface area contributed by atoms with Gasteiger partial charge in [0.15, 0.2) is 5.78 Å². The van der Waals surface area contributed by atoms with Gasteiger partial charge in [-0.25, -0.2) is 0 Å². The van der Waals surface area contributed by atoms with Crippen LogP contribution < -0.4 is 0 Å². The summed E-state index contributed by atoms with van der Waals surface area (Å²) in [4.78, 5) is 24.9. The molecule has 2 aromatic carbocycles. The summed E-state index contributed by atoms with van der Waals surface area (Å²) in [5.74, 6) is 0.0868. The number of allylic oxidation sites excluding steroid dienone is 1. The molecule has 0 radical (unpaired) electrons. The molecule has 0 fully saturated rings. The number of Topliss-reactive ketones (excluding diaryl/α,β-unsaturated/α-hetero) is 1. The Labute approximate surface area is 166 Å². The zero-order valence-electron chi connectivity index (χ0n) is 14.1. The molecule has 0 saturated heterocycles. The number of fused-ring (bicyclic) bond motifs is 2. The van der Waals surface area contributed by atoms with Crippen LogP contribution in [0.2, 0.25) is 0 Å². The van der Waals surface area contributed by atoms with E-state index in [4.69, 9.17) is 10.1 Å². The summed E-state index contributed by atoms with van der Waals surface area (Å²) in [5.41, 5.74) is 4.34. The molecule has 0 saturated carbocycles. The standard InChI is InChI=1S/C20H16N2O.HNO2.Ni/c23-20-16(11-10-14-5-1-2-8-17(14)20)13-22-18-9-3-6-15-7-4-12-21-19(15)18;2-1-3;/h1-9,12-13H,10-11H2,(H,22,23);(H,2,3);/q;;+2/p-2. The molecule has 0 bridgehead atoms. The second kappa shape index (κ2) is 9.60. The van der Waals surface area contributed by atoms with Gasteiger partial charge in [-0.3, -0.25) is 9.78 Å². The molecule has 138 valence electrons. The fraction of sp³-hybridized carbons (Fsp3) is 0.100. The third-order valence-corrected chi connectivity index (χ3v) is 4.19. The van der Waals surface area contributed by atoms with Crippen LogP contribution in [0.15, 0.2) is 77.9 Å². The summed E-state index contributed by atoms with van der Waals surface area (Å²) in [6.07, 6.45) is 5.09. The molecule has 7 heteroatoms. The molecule has 27 heavy (non-hydrogen) atoms. The van der Waals surface area contributed by atoms with E-state index >= 15 is 0 Å². The Bertz CT molecular complexity index is 984. The van der Waals surface area contributed by atoms with Crippen molar-refractivity contribution in [2.75, 3.05) is 0 Å². The van der Waals surface area contributed by atoms with Gasteiger partial charge in [-0.05, 0) is 35.4 Å². The van der Waals surface area contributed by atoms with Crippen molar-refractivity contribution in [3.63, 3.8) is 0 Å². The van der Waals surface area contributed by atoms with Crippen molar-refractivity contribution in [2.45, 2.75) is 12.8 Å². The normalized spacial score (nSPS) is 13.8. The van der Waals surface area contributed by atoms with Gasteiger partial charge in [0.2, 0.25) is 0 Å². The smallest absolute Gasteiger partial charge is 0.662 e. The summed E-state index contributed by atoms with van der Waals surface area (Å²) < 4.78 is 0. The molecule has 0 aliphatic heterocycles. The molecule has 0 atom stereocenters. The molecule has 3 aromatic rings. The SMILES string of the molecule is O=C1/C(=C\[N-]c2cccc3cccnc23)CCc2ccccc21.O=N[O-].[Ni+2]. The Morgan fingerprint density at radius 3 is 2.59 bits per heavy atom. The van der Waals surface area contributed by atoms with Crippen LogP contribution in [-0.2, 0) is 22.9 Å². The molecule has 6 nitrogen and oxygen atoms in total. The zero-order chi connectivity index (χ0) is 18.4. The minimum Gasteiger partial charge on any atom is -0.662 e. The van der Waals surface area contributed by atoms with Crippen molar-refractivity contribution in [3.05, 3.63) is 99.1 Å². The third-order valence-electron chi connectivity index (χ3n) is 4.19. The Balaban J connectivity index is 0.000000614. The Hall–Kier alpha value is -3.05. The van der Waals surface area contributed by atoms with Gasteiger partial charge in [-0.15, -0.1) is 11.0 Å². The van der Waals surface area contributed by atoms with Gasteiger partial charge in [-0.2, -0.15) is 6.20 Å². The van der Waals surface area contributed by atoms with Crippen LogP contribution >= 0.6 is 0 Å². The van der Waals surface area contributed by atoms with E-state index in [1.165, 1.54) is 0 Å². The molecule has 1 aromatic heterocycles. The molecule has 1 aliphatic carbocycles. The van der Waals surface area contributed by atoms with E-state index in [2.05, 4.69) is 10.3 Å². The van der Waals surface area contributed by atoms with E-state index in [0.717, 1.165) is 51.5 Å². The first-order valence-electron chi connectivity index (χ1n) is 8.06. The first kappa shape index (κ1) is 20.3. The number of aryl methyl sites for hydroxylation is 1. The zero-order valence-corrected chi connectivity index (χ0v) is 15.1. The first-order chi connectivity index (χ1) is 12.7. The van der Waals surface area contributed by atoms with Gasteiger partial charge < -0.3 is 15.4 Å². The van der Waals surface area contributed by atoms with Crippen LogP contribution in [0.1, 0.15) is 22.3 Å². The van der Waals surface area contributed by atoms with Gasteiger partial charge >= 0.3 is 16.5 Å². The molecule has 0 unspecified atom stereocenters. The molecule has 1 heterocycles. The van der Waals surface area contributed by atoms with Crippen molar-refractivity contribution < 1.29 is 21.3 Å². The number of aromatic nitrogens is 1. The van der Waals surface area contributed by atoms with Crippen molar-refractivity contribution >= 4 is 22.4 Å². The number of hydrogen-bond acceptors (Lipinski definition) is 5. The largest absolute Gasteiger partial charge is 2.00 e. The minimum atomic E-state index is 0. The van der Waals surface area contributed by atoms with Crippen LogP contribution in [0.5, 0.6) is 0 Å². The maximum atomic E-state index is 12.6. The number of nitrogens with zero attached hydrogens (tertiary/aromatic N) is 3. The van der Waals surface area contributed by atoms with Gasteiger partial charge in [-0.1, -0.05) is 48.5 Å². The fourth-order valence-corrected chi connectivity index (χ4v) is 2.98. The number of pyridine rings is 1. The van der Waals surface area contributed by atoms with Crippen molar-refractivity contribution in [3.8, 4) is 0 Å². The monoisotopic (exact) mass is 403 g/mol. The van der Waals surface area contributed by atoms with Crippen LogP contribution in [0, 0.1) is 10.1 Å². The summed E-state index contributed by atoms with van der Waals surface area (Å²) in [7, 11) is 0. The van der Waals surface area contributed by atoms with E-state index in [1.54, 1.807) is 12.4 Å². The molecule has 0 spiro atoms. The minimum absolute atomic E-state index is 0. The van der Waals surface area contributed by atoms with E-state index < -0.39 is 0 Å². The second-order valence-corrected chi connectivity index (χ2v) is 5.70. The first-order valence-corrected chi connectivity index (χ1v) is 8.06. The second-order valence-electron chi connectivity index (χ2n) is 5.70. The van der Waals surface area contributed by atoms with E-state index in [0.29, 0.717) is 0 Å². The van der Waals surface area contributed by atoms with E-state index in [9.17, 15) is 4.79 Å². The van der Waals surface area contributed by atoms with Crippen molar-refractivity contribution in [2.24, 2.45) is 5.34 Å². The number of carbonyl (C=O) groups is 1. The third kappa shape index (κ3) is 4.57. The molecule has 0 N–H and O–H groups in total.